The van der Waals surface area contributed by atoms with Crippen molar-refractivity contribution >= 4 is 40.6 Å². The average Bonchev–Trinajstić information content (AvgIpc) is 3.48. The summed E-state index contributed by atoms with van der Waals surface area (Å²) in [6.07, 6.45) is 0. The number of aryl methyl sites for hydroxylation is 2. The molecule has 1 aromatic heterocycles. The van der Waals surface area contributed by atoms with Gasteiger partial charge in [-0.15, -0.1) is 23.1 Å². The number of amides is 2. The number of para-hydroxylation sites is 1. The fourth-order valence-electron chi connectivity index (χ4n) is 4.51. The third-order valence-electron chi connectivity index (χ3n) is 6.21. The molecule has 3 heterocycles. The molecule has 1 saturated heterocycles. The largest absolute Gasteiger partial charge is 0.490 e. The first-order valence-corrected chi connectivity index (χ1v) is 13.5. The Morgan fingerprint density at radius 2 is 2.00 bits per heavy atom. The lowest BCUT2D eigenvalue weighted by Gasteiger charge is -2.29. The number of aromatic nitrogens is 1. The van der Waals surface area contributed by atoms with Crippen molar-refractivity contribution < 1.29 is 14.3 Å². The zero-order valence-electron chi connectivity index (χ0n) is 20.0. The second kappa shape index (κ2) is 9.91. The van der Waals surface area contributed by atoms with Crippen LogP contribution in [0.5, 0.6) is 5.75 Å². The summed E-state index contributed by atoms with van der Waals surface area (Å²) >= 11 is 3.22. The number of ether oxygens (including phenoxy) is 1. The molecule has 2 aliphatic rings. The van der Waals surface area contributed by atoms with Gasteiger partial charge in [-0.1, -0.05) is 35.9 Å². The van der Waals surface area contributed by atoms with E-state index in [-0.39, 0.29) is 17.2 Å². The average molecular weight is 509 g/mol. The summed E-state index contributed by atoms with van der Waals surface area (Å²) in [5.74, 6) is 1.30. The van der Waals surface area contributed by atoms with Crippen LogP contribution in [0.1, 0.15) is 31.4 Å². The number of fused-ring (bicyclic) bond motifs is 1. The molecule has 2 aromatic carbocycles. The van der Waals surface area contributed by atoms with E-state index in [1.165, 1.54) is 0 Å². The zero-order chi connectivity index (χ0) is 24.5. The van der Waals surface area contributed by atoms with Gasteiger partial charge in [0.1, 0.15) is 18.1 Å². The van der Waals surface area contributed by atoms with Crippen molar-refractivity contribution in [1.29, 1.82) is 0 Å². The highest BCUT2D eigenvalue weighted by molar-refractivity contribution is 8.00. The molecule has 1 unspecified atom stereocenters. The lowest BCUT2D eigenvalue weighted by Crippen LogP contribution is -2.42. The van der Waals surface area contributed by atoms with Crippen LogP contribution in [0.4, 0.5) is 5.69 Å². The summed E-state index contributed by atoms with van der Waals surface area (Å²) in [6.45, 7) is 6.30. The van der Waals surface area contributed by atoms with E-state index in [0.29, 0.717) is 31.0 Å². The van der Waals surface area contributed by atoms with Gasteiger partial charge >= 0.3 is 0 Å². The highest BCUT2D eigenvalue weighted by Crippen LogP contribution is 2.35. The van der Waals surface area contributed by atoms with Crippen LogP contribution < -0.4 is 15.0 Å². The molecule has 3 aromatic rings. The van der Waals surface area contributed by atoms with Gasteiger partial charge in [-0.2, -0.15) is 0 Å². The van der Waals surface area contributed by atoms with Gasteiger partial charge in [-0.25, -0.2) is 4.98 Å². The highest BCUT2D eigenvalue weighted by atomic mass is 32.2. The van der Waals surface area contributed by atoms with Crippen LogP contribution in [-0.4, -0.2) is 66.1 Å². The molecule has 1 atom stereocenters. The van der Waals surface area contributed by atoms with Crippen LogP contribution in [0.15, 0.2) is 42.5 Å². The maximum absolute atomic E-state index is 13.6. The van der Waals surface area contributed by atoms with E-state index in [2.05, 4.69) is 16.4 Å². The molecule has 1 fully saturated rings. The number of rotatable bonds is 5. The Labute approximate surface area is 213 Å². The van der Waals surface area contributed by atoms with Crippen LogP contribution in [-0.2, 0) is 0 Å². The van der Waals surface area contributed by atoms with Crippen LogP contribution in [0.25, 0.3) is 10.4 Å². The normalized spacial score (nSPS) is 17.2. The molecule has 0 spiro atoms. The second-order valence-corrected chi connectivity index (χ2v) is 11.2. The van der Waals surface area contributed by atoms with Gasteiger partial charge in [0, 0.05) is 25.9 Å². The van der Waals surface area contributed by atoms with E-state index in [9.17, 15) is 9.59 Å². The molecule has 0 radical (unpaired) electrons. The zero-order valence-corrected chi connectivity index (χ0v) is 21.7. The number of carbonyl (C=O) groups is 2. The summed E-state index contributed by atoms with van der Waals surface area (Å²) < 4.78 is 5.73. The third-order valence-corrected chi connectivity index (χ3v) is 8.46. The van der Waals surface area contributed by atoms with Gasteiger partial charge in [-0.05, 0) is 31.5 Å². The number of carbonyl (C=O) groups excluding carboxylic acids is 2. The Bertz CT molecular complexity index is 1280. The number of hydrogen-bond acceptors (Lipinski definition) is 7. The molecule has 7 nitrogen and oxygen atoms in total. The summed E-state index contributed by atoms with van der Waals surface area (Å²) in [7, 11) is 1.97. The van der Waals surface area contributed by atoms with Crippen LogP contribution >= 0.6 is 23.1 Å². The topological polar surface area (TPSA) is 74.8 Å². The molecule has 1 N–H and O–H groups in total. The molecule has 5 rings (SSSR count). The maximum Gasteiger partial charge on any atom is 0.274 e. The molecule has 9 heteroatoms. The number of nitrogens with zero attached hydrogens (tertiary/aromatic N) is 3. The summed E-state index contributed by atoms with van der Waals surface area (Å²) in [5.41, 5.74) is 4.04. The quantitative estimate of drug-likeness (QED) is 0.557. The van der Waals surface area contributed by atoms with Gasteiger partial charge in [-0.3, -0.25) is 9.59 Å². The van der Waals surface area contributed by atoms with E-state index in [4.69, 9.17) is 4.74 Å². The summed E-state index contributed by atoms with van der Waals surface area (Å²) in [6, 6.07) is 13.7. The molecule has 35 heavy (non-hydrogen) atoms. The number of likely N-dealkylation sites (N-methyl/N-ethyl adjacent to an activating group) is 1. The van der Waals surface area contributed by atoms with Crippen LogP contribution in [0.3, 0.4) is 0 Å². The predicted octanol–water partition coefficient (Wildman–Crippen LogP) is 4.20. The second-order valence-electron chi connectivity index (χ2n) is 8.74. The van der Waals surface area contributed by atoms with Gasteiger partial charge in [0.15, 0.2) is 0 Å². The van der Waals surface area contributed by atoms with Crippen molar-refractivity contribution in [3.63, 3.8) is 0 Å². The number of anilines is 1. The van der Waals surface area contributed by atoms with E-state index >= 15 is 0 Å². The third kappa shape index (κ3) is 4.75. The van der Waals surface area contributed by atoms with Crippen molar-refractivity contribution in [3.8, 4) is 16.2 Å². The Kier molecular flexibility index (Phi) is 6.71. The number of thioether (sulfide) groups is 1. The van der Waals surface area contributed by atoms with Gasteiger partial charge < -0.3 is 19.9 Å². The van der Waals surface area contributed by atoms with Crippen molar-refractivity contribution in [2.24, 2.45) is 0 Å². The minimum Gasteiger partial charge on any atom is -0.490 e. The monoisotopic (exact) mass is 508 g/mol. The Morgan fingerprint density at radius 1 is 1.17 bits per heavy atom. The Balaban J connectivity index is 1.32. The van der Waals surface area contributed by atoms with Gasteiger partial charge in [0.05, 0.1) is 33.1 Å². The molecule has 182 valence electrons. The molecule has 2 aliphatic heterocycles. The van der Waals surface area contributed by atoms with Crippen molar-refractivity contribution in [3.05, 3.63) is 64.3 Å². The lowest BCUT2D eigenvalue weighted by molar-refractivity contribution is 0.0747. The first-order chi connectivity index (χ1) is 16.9. The fourth-order valence-corrected chi connectivity index (χ4v) is 6.57. The Morgan fingerprint density at radius 3 is 2.83 bits per heavy atom. The van der Waals surface area contributed by atoms with Crippen molar-refractivity contribution in [1.82, 2.24) is 15.2 Å². The SMILES string of the molecule is Cc1cccc(-c2sc(C)nc2C(=O)N2CCSC2CNC(=O)c2cccc3c2N(C)CCO3)c1. The first kappa shape index (κ1) is 23.7. The molecular formula is C26H28N4O3S2. The van der Waals surface area contributed by atoms with Crippen molar-refractivity contribution in [2.45, 2.75) is 19.2 Å². The van der Waals surface area contributed by atoms with E-state index in [1.54, 1.807) is 23.1 Å². The highest BCUT2D eigenvalue weighted by Gasteiger charge is 2.33. The Hall–Kier alpha value is -3.04. The maximum atomic E-state index is 13.6. The van der Waals surface area contributed by atoms with Crippen LogP contribution in [0.2, 0.25) is 0 Å². The summed E-state index contributed by atoms with van der Waals surface area (Å²) in [5, 5.41) is 3.77. The molecule has 2 amide bonds. The number of benzene rings is 2. The van der Waals surface area contributed by atoms with E-state index in [1.807, 2.05) is 67.1 Å². The number of nitrogens with one attached hydrogen (secondary N) is 1. The number of hydrogen-bond donors (Lipinski definition) is 1. The molecule has 0 saturated carbocycles. The van der Waals surface area contributed by atoms with E-state index < -0.39 is 0 Å². The molecule has 0 aliphatic carbocycles. The predicted molar refractivity (Wildman–Crippen MR) is 142 cm³/mol. The van der Waals surface area contributed by atoms with Gasteiger partial charge in [0.25, 0.3) is 11.8 Å². The lowest BCUT2D eigenvalue weighted by atomic mass is 10.1. The fraction of sp³-hybridized carbons (Fsp3) is 0.346. The molecular weight excluding hydrogens is 480 g/mol. The minimum atomic E-state index is -0.163. The minimum absolute atomic E-state index is 0.0830. The first-order valence-electron chi connectivity index (χ1n) is 11.6. The standard InChI is InChI=1S/C26H28N4O3S2/c1-16-6-4-7-18(14-16)24-22(28-17(2)35-24)26(32)30-11-13-34-21(30)15-27-25(31)19-8-5-9-20-23(19)29(3)10-12-33-20/h4-9,14,21H,10-13,15H2,1-3H3,(H,27,31). The smallest absolute Gasteiger partial charge is 0.274 e. The van der Waals surface area contributed by atoms with Crippen molar-refractivity contribution in [2.75, 3.05) is 43.9 Å². The summed E-state index contributed by atoms with van der Waals surface area (Å²) in [4.78, 5) is 36.1. The van der Waals surface area contributed by atoms with E-state index in [0.717, 1.165) is 44.7 Å². The van der Waals surface area contributed by atoms with Gasteiger partial charge in [0.2, 0.25) is 0 Å². The molecule has 0 bridgehead atoms. The number of thiazole rings is 1. The van der Waals surface area contributed by atoms with Crippen LogP contribution in [0, 0.1) is 13.8 Å².